The first-order valence-electron chi connectivity index (χ1n) is 10.3. The van der Waals surface area contributed by atoms with E-state index in [0.717, 1.165) is 37.7 Å². The Labute approximate surface area is 163 Å². The van der Waals surface area contributed by atoms with Gasteiger partial charge < -0.3 is 5.32 Å². The van der Waals surface area contributed by atoms with Crippen molar-refractivity contribution in [2.75, 3.05) is 13.1 Å². The molecule has 1 aliphatic heterocycles. The predicted octanol–water partition coefficient (Wildman–Crippen LogP) is 3.62. The smallest absolute Gasteiger partial charge is 0.243 e. The minimum Gasteiger partial charge on any atom is -0.353 e. The van der Waals surface area contributed by atoms with Gasteiger partial charge in [-0.1, -0.05) is 37.0 Å². The van der Waals surface area contributed by atoms with Gasteiger partial charge in [-0.3, -0.25) is 4.79 Å². The van der Waals surface area contributed by atoms with Crippen molar-refractivity contribution in [3.05, 3.63) is 29.8 Å². The van der Waals surface area contributed by atoms with E-state index in [4.69, 9.17) is 0 Å². The second kappa shape index (κ2) is 9.20. The zero-order valence-electron chi connectivity index (χ0n) is 16.3. The van der Waals surface area contributed by atoms with Crippen LogP contribution in [-0.2, 0) is 14.8 Å². The molecule has 1 aromatic carbocycles. The average Bonchev–Trinajstić information content (AvgIpc) is 2.68. The summed E-state index contributed by atoms with van der Waals surface area (Å²) in [5.74, 6) is 0.386. The van der Waals surface area contributed by atoms with E-state index in [0.29, 0.717) is 30.4 Å². The molecule has 1 unspecified atom stereocenters. The maximum atomic E-state index is 12.9. The van der Waals surface area contributed by atoms with Crippen LogP contribution in [0.4, 0.5) is 0 Å². The number of piperidine rings is 1. The van der Waals surface area contributed by atoms with Crippen molar-refractivity contribution in [2.45, 2.75) is 75.6 Å². The lowest BCUT2D eigenvalue weighted by Crippen LogP contribution is -2.40. The number of nitrogens with one attached hydrogen (secondary N) is 1. The largest absolute Gasteiger partial charge is 0.353 e. The van der Waals surface area contributed by atoms with Gasteiger partial charge in [0, 0.05) is 25.6 Å². The fourth-order valence-corrected chi connectivity index (χ4v) is 5.78. The van der Waals surface area contributed by atoms with E-state index in [-0.39, 0.29) is 11.8 Å². The van der Waals surface area contributed by atoms with Crippen LogP contribution >= 0.6 is 0 Å². The fourth-order valence-electron chi connectivity index (χ4n) is 4.22. The molecular weight excluding hydrogens is 360 g/mol. The van der Waals surface area contributed by atoms with E-state index in [9.17, 15) is 13.2 Å². The van der Waals surface area contributed by atoms with Crippen LogP contribution < -0.4 is 5.32 Å². The Morgan fingerprint density at radius 3 is 2.48 bits per heavy atom. The van der Waals surface area contributed by atoms with Crippen molar-refractivity contribution < 1.29 is 13.2 Å². The van der Waals surface area contributed by atoms with Gasteiger partial charge in [-0.2, -0.15) is 4.31 Å². The zero-order chi connectivity index (χ0) is 19.3. The van der Waals surface area contributed by atoms with Gasteiger partial charge in [-0.15, -0.1) is 0 Å². The average molecular weight is 393 g/mol. The van der Waals surface area contributed by atoms with Crippen molar-refractivity contribution in [2.24, 2.45) is 5.92 Å². The molecule has 27 heavy (non-hydrogen) atoms. The second-order valence-electron chi connectivity index (χ2n) is 8.13. The molecule has 1 atom stereocenters. The maximum Gasteiger partial charge on any atom is 0.243 e. The molecule has 1 aromatic rings. The summed E-state index contributed by atoms with van der Waals surface area (Å²) in [5.41, 5.74) is 1.05. The zero-order valence-corrected chi connectivity index (χ0v) is 17.1. The van der Waals surface area contributed by atoms with E-state index >= 15 is 0 Å². The van der Waals surface area contributed by atoms with Crippen molar-refractivity contribution in [3.8, 4) is 0 Å². The molecule has 2 aliphatic rings. The highest BCUT2D eigenvalue weighted by molar-refractivity contribution is 7.89. The third-order valence-electron chi connectivity index (χ3n) is 5.89. The number of sulfonamides is 1. The van der Waals surface area contributed by atoms with Gasteiger partial charge in [0.25, 0.3) is 0 Å². The quantitative estimate of drug-likeness (QED) is 0.804. The highest BCUT2D eigenvalue weighted by Crippen LogP contribution is 2.26. The van der Waals surface area contributed by atoms with Gasteiger partial charge in [-0.05, 0) is 57.1 Å². The number of carbonyl (C=O) groups excluding carboxylic acids is 1. The number of rotatable bonds is 6. The van der Waals surface area contributed by atoms with Gasteiger partial charge >= 0.3 is 0 Å². The number of aryl methyl sites for hydroxylation is 1. The molecule has 3 rings (SSSR count). The minimum atomic E-state index is -3.44. The Morgan fingerprint density at radius 1 is 1.07 bits per heavy atom. The molecule has 150 valence electrons. The van der Waals surface area contributed by atoms with Crippen LogP contribution in [0.5, 0.6) is 0 Å². The van der Waals surface area contributed by atoms with Crippen molar-refractivity contribution in [1.29, 1.82) is 0 Å². The lowest BCUT2D eigenvalue weighted by atomic mass is 9.93. The van der Waals surface area contributed by atoms with Gasteiger partial charge in [0.05, 0.1) is 4.90 Å². The maximum absolute atomic E-state index is 12.9. The molecule has 2 fully saturated rings. The molecule has 1 N–H and O–H groups in total. The predicted molar refractivity (Wildman–Crippen MR) is 107 cm³/mol. The second-order valence-corrected chi connectivity index (χ2v) is 10.1. The monoisotopic (exact) mass is 392 g/mol. The first-order valence-corrected chi connectivity index (χ1v) is 11.8. The molecule has 1 heterocycles. The van der Waals surface area contributed by atoms with E-state index in [2.05, 4.69) is 5.32 Å². The summed E-state index contributed by atoms with van der Waals surface area (Å²) in [7, 11) is -3.44. The van der Waals surface area contributed by atoms with Crippen LogP contribution in [0.15, 0.2) is 29.2 Å². The Hall–Kier alpha value is -1.40. The topological polar surface area (TPSA) is 66.5 Å². The minimum absolute atomic E-state index is 0.125. The first-order chi connectivity index (χ1) is 12.9. The Balaban J connectivity index is 1.51. The number of benzene rings is 1. The van der Waals surface area contributed by atoms with Gasteiger partial charge in [0.2, 0.25) is 15.9 Å². The van der Waals surface area contributed by atoms with Gasteiger partial charge in [-0.25, -0.2) is 8.42 Å². The molecule has 1 saturated heterocycles. The standard InChI is InChI=1S/C21H32N2O3S/c1-17-9-12-20(13-10-17)27(25,26)23-15-5-6-18(16-23)11-14-21(24)22-19-7-3-2-4-8-19/h9-10,12-13,18-19H,2-8,11,14-16H2,1H3,(H,22,24). The summed E-state index contributed by atoms with van der Waals surface area (Å²) >= 11 is 0. The number of hydrogen-bond acceptors (Lipinski definition) is 3. The highest BCUT2D eigenvalue weighted by Gasteiger charge is 2.30. The molecule has 0 radical (unpaired) electrons. The summed E-state index contributed by atoms with van der Waals surface area (Å²) in [6.45, 7) is 3.04. The number of carbonyl (C=O) groups is 1. The Morgan fingerprint density at radius 2 is 1.78 bits per heavy atom. The molecule has 6 heteroatoms. The summed E-state index contributed by atoms with van der Waals surface area (Å²) in [5, 5.41) is 3.16. The summed E-state index contributed by atoms with van der Waals surface area (Å²) < 4.78 is 27.4. The number of hydrogen-bond donors (Lipinski definition) is 1. The summed E-state index contributed by atoms with van der Waals surface area (Å²) in [6, 6.07) is 7.39. The number of nitrogens with zero attached hydrogens (tertiary/aromatic N) is 1. The first kappa shape index (κ1) is 20.3. The Kier molecular flexibility index (Phi) is 6.93. The third kappa shape index (κ3) is 5.55. The molecule has 1 amide bonds. The molecule has 0 spiro atoms. The lowest BCUT2D eigenvalue weighted by Gasteiger charge is -2.32. The molecule has 0 bridgehead atoms. The van der Waals surface area contributed by atoms with Crippen LogP contribution in [-0.4, -0.2) is 37.8 Å². The fraction of sp³-hybridized carbons (Fsp3) is 0.667. The normalized spacial score (nSPS) is 22.5. The summed E-state index contributed by atoms with van der Waals surface area (Å²) in [6.07, 6.45) is 9.00. The van der Waals surface area contributed by atoms with Crippen LogP contribution in [0.25, 0.3) is 0 Å². The molecule has 1 saturated carbocycles. The van der Waals surface area contributed by atoms with Crippen LogP contribution in [0.3, 0.4) is 0 Å². The highest BCUT2D eigenvalue weighted by atomic mass is 32.2. The van der Waals surface area contributed by atoms with Crippen LogP contribution in [0.1, 0.15) is 63.4 Å². The van der Waals surface area contributed by atoms with E-state index in [1.54, 1.807) is 16.4 Å². The van der Waals surface area contributed by atoms with Crippen molar-refractivity contribution >= 4 is 15.9 Å². The molecular formula is C21H32N2O3S. The van der Waals surface area contributed by atoms with Gasteiger partial charge in [0.15, 0.2) is 0 Å². The van der Waals surface area contributed by atoms with Gasteiger partial charge in [0.1, 0.15) is 0 Å². The van der Waals surface area contributed by atoms with E-state index < -0.39 is 10.0 Å². The van der Waals surface area contributed by atoms with E-state index in [1.165, 1.54) is 19.3 Å². The number of amides is 1. The van der Waals surface area contributed by atoms with Crippen LogP contribution in [0.2, 0.25) is 0 Å². The van der Waals surface area contributed by atoms with Crippen molar-refractivity contribution in [3.63, 3.8) is 0 Å². The molecule has 0 aromatic heterocycles. The van der Waals surface area contributed by atoms with E-state index in [1.807, 2.05) is 19.1 Å². The molecule has 5 nitrogen and oxygen atoms in total. The molecule has 1 aliphatic carbocycles. The third-order valence-corrected chi connectivity index (χ3v) is 7.77. The van der Waals surface area contributed by atoms with Crippen molar-refractivity contribution in [1.82, 2.24) is 9.62 Å². The summed E-state index contributed by atoms with van der Waals surface area (Å²) in [4.78, 5) is 12.6. The SMILES string of the molecule is Cc1ccc(S(=O)(=O)N2CCCC(CCC(=O)NC3CCCCC3)C2)cc1. The lowest BCUT2D eigenvalue weighted by molar-refractivity contribution is -0.122. The Bertz CT molecular complexity index is 724. The van der Waals surface area contributed by atoms with Crippen LogP contribution in [0, 0.1) is 12.8 Å².